The Morgan fingerprint density at radius 1 is 1.03 bits per heavy atom. The number of benzene rings is 2. The Morgan fingerprint density at radius 2 is 1.77 bits per heavy atom. The molecule has 6 nitrogen and oxygen atoms in total. The van der Waals surface area contributed by atoms with Crippen molar-refractivity contribution >= 4 is 11.9 Å². The summed E-state index contributed by atoms with van der Waals surface area (Å²) in [6.45, 7) is 4.46. The van der Waals surface area contributed by atoms with Gasteiger partial charge in [0.1, 0.15) is 17.3 Å². The van der Waals surface area contributed by atoms with Gasteiger partial charge in [-0.25, -0.2) is 9.67 Å². The van der Waals surface area contributed by atoms with Crippen LogP contribution in [0.15, 0.2) is 80.9 Å². The zero-order chi connectivity index (χ0) is 21.1. The summed E-state index contributed by atoms with van der Waals surface area (Å²) in [5.41, 5.74) is 2.74. The molecule has 0 radical (unpaired) electrons. The maximum absolute atomic E-state index is 12.9. The molecule has 0 spiro atoms. The second-order valence-electron chi connectivity index (χ2n) is 6.83. The van der Waals surface area contributed by atoms with E-state index in [4.69, 9.17) is 9.15 Å². The third-order valence-corrected chi connectivity index (χ3v) is 4.92. The SMILES string of the molecule is CCOc1ccc(-c2ccc(C=Nc3c(C)n(C)n(-c4ccccc4)c3=O)o2)cc1. The van der Waals surface area contributed by atoms with E-state index in [0.717, 1.165) is 28.5 Å². The molecule has 0 aliphatic carbocycles. The molecule has 30 heavy (non-hydrogen) atoms. The Hall–Kier alpha value is -3.80. The zero-order valence-corrected chi connectivity index (χ0v) is 17.2. The van der Waals surface area contributed by atoms with Crippen LogP contribution in [0.2, 0.25) is 0 Å². The van der Waals surface area contributed by atoms with E-state index in [-0.39, 0.29) is 5.56 Å². The molecule has 4 aromatic rings. The van der Waals surface area contributed by atoms with Gasteiger partial charge >= 0.3 is 0 Å². The van der Waals surface area contributed by atoms with Crippen LogP contribution in [0.1, 0.15) is 18.4 Å². The topological polar surface area (TPSA) is 61.7 Å². The summed E-state index contributed by atoms with van der Waals surface area (Å²) in [5.74, 6) is 2.13. The molecule has 4 rings (SSSR count). The largest absolute Gasteiger partial charge is 0.494 e. The van der Waals surface area contributed by atoms with Crippen molar-refractivity contribution in [2.24, 2.45) is 12.0 Å². The van der Waals surface area contributed by atoms with Crippen LogP contribution in [-0.2, 0) is 7.05 Å². The van der Waals surface area contributed by atoms with Crippen molar-refractivity contribution in [1.29, 1.82) is 0 Å². The van der Waals surface area contributed by atoms with Crippen LogP contribution in [0.25, 0.3) is 17.0 Å². The standard InChI is InChI=1S/C24H23N3O3/c1-4-29-20-12-10-18(11-13-20)22-15-14-21(30-22)16-25-23-17(2)26(3)27(24(23)28)19-8-6-5-7-9-19/h5-16H,4H2,1-3H3. The van der Waals surface area contributed by atoms with Crippen LogP contribution < -0.4 is 10.3 Å². The van der Waals surface area contributed by atoms with Gasteiger partial charge in [0.25, 0.3) is 5.56 Å². The van der Waals surface area contributed by atoms with E-state index in [1.807, 2.05) is 87.6 Å². The smallest absolute Gasteiger partial charge is 0.297 e. The van der Waals surface area contributed by atoms with Gasteiger partial charge in [-0.1, -0.05) is 18.2 Å². The molecule has 2 heterocycles. The van der Waals surface area contributed by atoms with Crippen LogP contribution in [0.5, 0.6) is 5.75 Å². The second kappa shape index (κ2) is 8.29. The molecule has 0 N–H and O–H groups in total. The van der Waals surface area contributed by atoms with Gasteiger partial charge in [0, 0.05) is 12.6 Å². The van der Waals surface area contributed by atoms with Gasteiger partial charge in [0.2, 0.25) is 0 Å². The molecule has 0 unspecified atom stereocenters. The lowest BCUT2D eigenvalue weighted by Gasteiger charge is -2.07. The molecule has 152 valence electrons. The van der Waals surface area contributed by atoms with Crippen molar-refractivity contribution in [2.45, 2.75) is 13.8 Å². The normalized spacial score (nSPS) is 11.3. The maximum Gasteiger partial charge on any atom is 0.297 e. The first-order valence-electron chi connectivity index (χ1n) is 9.79. The molecule has 0 fully saturated rings. The number of para-hydroxylation sites is 1. The number of rotatable bonds is 6. The lowest BCUT2D eigenvalue weighted by molar-refractivity contribution is 0.340. The average molecular weight is 401 g/mol. The van der Waals surface area contributed by atoms with E-state index >= 15 is 0 Å². The Balaban J connectivity index is 1.60. The van der Waals surface area contributed by atoms with E-state index in [9.17, 15) is 4.79 Å². The van der Waals surface area contributed by atoms with Crippen LogP contribution >= 0.6 is 0 Å². The van der Waals surface area contributed by atoms with E-state index < -0.39 is 0 Å². The summed E-state index contributed by atoms with van der Waals surface area (Å²) in [5, 5.41) is 0. The van der Waals surface area contributed by atoms with Gasteiger partial charge in [-0.15, -0.1) is 0 Å². The first-order valence-corrected chi connectivity index (χ1v) is 9.79. The quantitative estimate of drug-likeness (QED) is 0.432. The van der Waals surface area contributed by atoms with Gasteiger partial charge in [0.15, 0.2) is 5.69 Å². The highest BCUT2D eigenvalue weighted by molar-refractivity contribution is 5.80. The minimum Gasteiger partial charge on any atom is -0.494 e. The molecule has 0 saturated carbocycles. The number of nitrogens with zero attached hydrogens (tertiary/aromatic N) is 3. The number of hydrogen-bond donors (Lipinski definition) is 0. The Kier molecular flexibility index (Phi) is 5.39. The van der Waals surface area contributed by atoms with Crippen molar-refractivity contribution in [1.82, 2.24) is 9.36 Å². The monoisotopic (exact) mass is 401 g/mol. The van der Waals surface area contributed by atoms with Crippen LogP contribution in [0.4, 0.5) is 5.69 Å². The van der Waals surface area contributed by atoms with Crippen LogP contribution in [-0.4, -0.2) is 22.2 Å². The molecule has 0 amide bonds. The van der Waals surface area contributed by atoms with Gasteiger partial charge in [-0.05, 0) is 62.4 Å². The summed E-state index contributed by atoms with van der Waals surface area (Å²) in [4.78, 5) is 17.4. The fourth-order valence-electron chi connectivity index (χ4n) is 3.29. The van der Waals surface area contributed by atoms with Crippen molar-refractivity contribution in [3.05, 3.63) is 88.5 Å². The first-order chi connectivity index (χ1) is 14.6. The highest BCUT2D eigenvalue weighted by atomic mass is 16.5. The number of aromatic nitrogens is 2. The Morgan fingerprint density at radius 3 is 2.47 bits per heavy atom. The summed E-state index contributed by atoms with van der Waals surface area (Å²) in [6.07, 6.45) is 1.58. The Labute approximate surface area is 174 Å². The lowest BCUT2D eigenvalue weighted by Crippen LogP contribution is -2.19. The predicted molar refractivity (Wildman–Crippen MR) is 118 cm³/mol. The van der Waals surface area contributed by atoms with Gasteiger partial charge in [0.05, 0.1) is 24.2 Å². The van der Waals surface area contributed by atoms with Gasteiger partial charge < -0.3 is 9.15 Å². The molecule has 6 heteroatoms. The third kappa shape index (κ3) is 3.72. The minimum absolute atomic E-state index is 0.171. The summed E-state index contributed by atoms with van der Waals surface area (Å²) < 4.78 is 14.8. The minimum atomic E-state index is -0.171. The van der Waals surface area contributed by atoms with Crippen molar-refractivity contribution in [2.75, 3.05) is 6.61 Å². The van der Waals surface area contributed by atoms with E-state index in [1.54, 1.807) is 15.6 Å². The van der Waals surface area contributed by atoms with E-state index in [0.29, 0.717) is 18.1 Å². The number of furan rings is 1. The molecule has 0 saturated heterocycles. The second-order valence-corrected chi connectivity index (χ2v) is 6.83. The molecular formula is C24H23N3O3. The molecule has 2 aromatic heterocycles. The number of hydrogen-bond acceptors (Lipinski definition) is 4. The van der Waals surface area contributed by atoms with Gasteiger partial charge in [-0.3, -0.25) is 9.48 Å². The van der Waals surface area contributed by atoms with Crippen LogP contribution in [0.3, 0.4) is 0 Å². The fourth-order valence-corrected chi connectivity index (χ4v) is 3.29. The third-order valence-electron chi connectivity index (χ3n) is 4.92. The zero-order valence-electron chi connectivity index (χ0n) is 17.2. The summed E-state index contributed by atoms with van der Waals surface area (Å²) in [6, 6.07) is 20.9. The molecule has 0 aliphatic rings. The van der Waals surface area contributed by atoms with E-state index in [1.165, 1.54) is 0 Å². The maximum atomic E-state index is 12.9. The van der Waals surface area contributed by atoms with E-state index in [2.05, 4.69) is 4.99 Å². The highest BCUT2D eigenvalue weighted by Crippen LogP contribution is 2.24. The van der Waals surface area contributed by atoms with Crippen molar-refractivity contribution in [3.63, 3.8) is 0 Å². The first kappa shape index (κ1) is 19.5. The number of aliphatic imine (C=N–C) groups is 1. The number of ether oxygens (including phenoxy) is 1. The Bertz CT molecular complexity index is 1230. The van der Waals surface area contributed by atoms with Crippen molar-refractivity contribution in [3.8, 4) is 22.8 Å². The molecular weight excluding hydrogens is 378 g/mol. The molecule has 0 atom stereocenters. The van der Waals surface area contributed by atoms with Crippen molar-refractivity contribution < 1.29 is 9.15 Å². The fraction of sp³-hybridized carbons (Fsp3) is 0.167. The summed E-state index contributed by atoms with van der Waals surface area (Å²) >= 11 is 0. The molecule has 0 aliphatic heterocycles. The van der Waals surface area contributed by atoms with Gasteiger partial charge in [-0.2, -0.15) is 0 Å². The molecule has 2 aromatic carbocycles. The summed E-state index contributed by atoms with van der Waals surface area (Å²) in [7, 11) is 1.85. The highest BCUT2D eigenvalue weighted by Gasteiger charge is 2.15. The lowest BCUT2D eigenvalue weighted by atomic mass is 10.2. The molecule has 0 bridgehead atoms. The van der Waals surface area contributed by atoms with Crippen LogP contribution in [0, 0.1) is 6.92 Å². The average Bonchev–Trinajstić information content (AvgIpc) is 3.31. The predicted octanol–water partition coefficient (Wildman–Crippen LogP) is 4.89.